The van der Waals surface area contributed by atoms with Gasteiger partial charge in [0.1, 0.15) is 0 Å². The summed E-state index contributed by atoms with van der Waals surface area (Å²) >= 11 is 3.00. The predicted octanol–water partition coefficient (Wildman–Crippen LogP) is 5.03. The van der Waals surface area contributed by atoms with Crippen LogP contribution in [0, 0.1) is 13.8 Å². The number of hydrogen-bond acceptors (Lipinski definition) is 7. The number of aryl methyl sites for hydroxylation is 2. The van der Waals surface area contributed by atoms with E-state index < -0.39 is 0 Å². The number of thiophene rings is 1. The van der Waals surface area contributed by atoms with Crippen molar-refractivity contribution in [3.63, 3.8) is 0 Å². The highest BCUT2D eigenvalue weighted by atomic mass is 32.2. The van der Waals surface area contributed by atoms with Gasteiger partial charge in [-0.05, 0) is 49.9 Å². The van der Waals surface area contributed by atoms with Gasteiger partial charge in [-0.25, -0.2) is 0 Å². The van der Waals surface area contributed by atoms with Crippen molar-refractivity contribution in [3.05, 3.63) is 63.8 Å². The molecule has 0 radical (unpaired) electrons. The largest absolute Gasteiger partial charge is 0.459 e. The van der Waals surface area contributed by atoms with E-state index in [-0.39, 0.29) is 11.5 Å². The first kappa shape index (κ1) is 18.8. The molecule has 0 aliphatic rings. The molecule has 4 rings (SSSR count). The maximum Gasteiger partial charge on any atom is 0.284 e. The Hall–Kier alpha value is -2.58. The molecule has 0 fully saturated rings. The second-order valence-electron chi connectivity index (χ2n) is 6.33. The Morgan fingerprint density at radius 2 is 2.14 bits per heavy atom. The summed E-state index contributed by atoms with van der Waals surface area (Å²) < 4.78 is 13.0. The second-order valence-corrected chi connectivity index (χ2v) is 8.29. The van der Waals surface area contributed by atoms with E-state index in [0.717, 1.165) is 29.9 Å². The zero-order valence-electron chi connectivity index (χ0n) is 15.5. The number of rotatable bonds is 8. The number of carbonyl (C=O) groups excluding carboxylic acids is 1. The Kier molecular flexibility index (Phi) is 5.50. The van der Waals surface area contributed by atoms with Crippen LogP contribution in [0.25, 0.3) is 11.7 Å². The van der Waals surface area contributed by atoms with Crippen LogP contribution in [0.15, 0.2) is 56.0 Å². The van der Waals surface area contributed by atoms with Gasteiger partial charge in [0.05, 0.1) is 12.0 Å². The minimum atomic E-state index is 0.0539. The number of ketones is 1. The lowest BCUT2D eigenvalue weighted by Crippen LogP contribution is -2.08. The highest BCUT2D eigenvalue weighted by molar-refractivity contribution is 7.99. The minimum Gasteiger partial charge on any atom is -0.459 e. The molecular weight excluding hydrogens is 394 g/mol. The molecule has 0 saturated carbocycles. The van der Waals surface area contributed by atoms with E-state index in [0.29, 0.717) is 16.9 Å². The Balaban J connectivity index is 1.40. The summed E-state index contributed by atoms with van der Waals surface area (Å²) in [5.74, 6) is 1.12. The van der Waals surface area contributed by atoms with Crippen LogP contribution >= 0.6 is 23.1 Å². The van der Waals surface area contributed by atoms with Gasteiger partial charge >= 0.3 is 0 Å². The van der Waals surface area contributed by atoms with E-state index in [2.05, 4.69) is 32.3 Å². The normalized spacial score (nSPS) is 11.2. The first-order valence-corrected chi connectivity index (χ1v) is 10.7. The number of carbonyl (C=O) groups is 1. The van der Waals surface area contributed by atoms with Gasteiger partial charge in [-0.1, -0.05) is 17.8 Å². The van der Waals surface area contributed by atoms with Crippen LogP contribution in [-0.2, 0) is 13.0 Å². The molecule has 144 valence electrons. The van der Waals surface area contributed by atoms with Gasteiger partial charge in [0, 0.05) is 28.4 Å². The van der Waals surface area contributed by atoms with Crippen LogP contribution in [-0.4, -0.2) is 26.3 Å². The van der Waals surface area contributed by atoms with Crippen molar-refractivity contribution in [1.82, 2.24) is 14.8 Å². The molecule has 0 amide bonds. The van der Waals surface area contributed by atoms with Crippen LogP contribution in [0.3, 0.4) is 0 Å². The third kappa shape index (κ3) is 3.98. The van der Waals surface area contributed by atoms with E-state index in [9.17, 15) is 4.79 Å². The Morgan fingerprint density at radius 3 is 2.89 bits per heavy atom. The van der Waals surface area contributed by atoms with Crippen molar-refractivity contribution >= 4 is 28.9 Å². The molecule has 8 heteroatoms. The summed E-state index contributed by atoms with van der Waals surface area (Å²) in [6.07, 6.45) is 2.51. The van der Waals surface area contributed by atoms with Crippen LogP contribution < -0.4 is 0 Å². The zero-order chi connectivity index (χ0) is 19.5. The van der Waals surface area contributed by atoms with Gasteiger partial charge < -0.3 is 13.4 Å². The number of Topliss-reactive ketones (excluding diaryl/α,β-unsaturated/α-hetero) is 1. The van der Waals surface area contributed by atoms with E-state index in [1.165, 1.54) is 16.6 Å². The van der Waals surface area contributed by atoms with Gasteiger partial charge in [0.25, 0.3) is 11.1 Å². The summed E-state index contributed by atoms with van der Waals surface area (Å²) in [7, 11) is 0. The predicted molar refractivity (Wildman–Crippen MR) is 109 cm³/mol. The van der Waals surface area contributed by atoms with Crippen molar-refractivity contribution in [2.75, 3.05) is 5.75 Å². The minimum absolute atomic E-state index is 0.0539. The van der Waals surface area contributed by atoms with Crippen molar-refractivity contribution in [2.24, 2.45) is 0 Å². The van der Waals surface area contributed by atoms with Crippen LogP contribution in [0.2, 0.25) is 0 Å². The third-order valence-electron chi connectivity index (χ3n) is 4.50. The average molecular weight is 414 g/mol. The quantitative estimate of drug-likeness (QED) is 0.298. The van der Waals surface area contributed by atoms with Crippen LogP contribution in [0.4, 0.5) is 0 Å². The van der Waals surface area contributed by atoms with Crippen molar-refractivity contribution in [3.8, 4) is 11.7 Å². The Labute approximate surface area is 170 Å². The van der Waals surface area contributed by atoms with Crippen molar-refractivity contribution in [2.45, 2.75) is 32.0 Å². The van der Waals surface area contributed by atoms with Crippen molar-refractivity contribution < 1.29 is 13.6 Å². The molecule has 4 heterocycles. The molecule has 0 aromatic carbocycles. The molecule has 0 unspecified atom stereocenters. The molecule has 28 heavy (non-hydrogen) atoms. The summed E-state index contributed by atoms with van der Waals surface area (Å²) in [6, 6.07) is 9.68. The van der Waals surface area contributed by atoms with Crippen molar-refractivity contribution in [1.29, 1.82) is 0 Å². The summed E-state index contributed by atoms with van der Waals surface area (Å²) in [4.78, 5) is 14.1. The lowest BCUT2D eigenvalue weighted by atomic mass is 10.2. The van der Waals surface area contributed by atoms with Gasteiger partial charge in [0.2, 0.25) is 0 Å². The Bertz CT molecular complexity index is 1060. The SMILES string of the molecule is Cc1cc(C(=O)CSc2nnc(-c3ccco3)o2)c(C)n1CCc1cccs1. The number of aromatic nitrogens is 3. The van der Waals surface area contributed by atoms with Crippen LogP contribution in [0.5, 0.6) is 0 Å². The van der Waals surface area contributed by atoms with E-state index >= 15 is 0 Å². The fourth-order valence-corrected chi connectivity index (χ4v) is 4.42. The highest BCUT2D eigenvalue weighted by Gasteiger charge is 2.18. The molecule has 6 nitrogen and oxygen atoms in total. The number of thioether (sulfide) groups is 1. The molecule has 0 bridgehead atoms. The topological polar surface area (TPSA) is 74.1 Å². The molecule has 0 aliphatic heterocycles. The first-order chi connectivity index (χ1) is 13.6. The molecule has 0 N–H and O–H groups in total. The molecule has 0 spiro atoms. The molecular formula is C20H19N3O3S2. The summed E-state index contributed by atoms with van der Waals surface area (Å²) in [6.45, 7) is 4.91. The van der Waals surface area contributed by atoms with E-state index in [1.807, 2.05) is 19.9 Å². The monoisotopic (exact) mass is 413 g/mol. The second kappa shape index (κ2) is 8.20. The van der Waals surface area contributed by atoms with Crippen LogP contribution in [0.1, 0.15) is 26.6 Å². The summed E-state index contributed by atoms with van der Waals surface area (Å²) in [5, 5.41) is 10.4. The molecule has 0 aliphatic carbocycles. The number of hydrogen-bond donors (Lipinski definition) is 0. The van der Waals surface area contributed by atoms with E-state index in [1.54, 1.807) is 29.7 Å². The van der Waals surface area contributed by atoms with Gasteiger partial charge in [-0.3, -0.25) is 4.79 Å². The fraction of sp³-hybridized carbons (Fsp3) is 0.250. The molecule has 4 aromatic rings. The standard InChI is InChI=1S/C20H19N3O3S2/c1-13-11-16(14(2)23(13)8-7-15-5-4-10-27-15)17(24)12-28-20-22-21-19(26-20)18-6-3-9-25-18/h3-6,9-11H,7-8,12H2,1-2H3. The average Bonchev–Trinajstić information content (AvgIpc) is 3.47. The number of furan rings is 1. The smallest absolute Gasteiger partial charge is 0.284 e. The van der Waals surface area contributed by atoms with Gasteiger partial charge in [-0.2, -0.15) is 0 Å². The summed E-state index contributed by atoms with van der Waals surface area (Å²) in [5.41, 5.74) is 2.85. The maximum absolute atomic E-state index is 12.7. The lowest BCUT2D eigenvalue weighted by molar-refractivity contribution is 0.102. The van der Waals surface area contributed by atoms with Gasteiger partial charge in [0.15, 0.2) is 11.5 Å². The maximum atomic E-state index is 12.7. The molecule has 4 aromatic heterocycles. The fourth-order valence-electron chi connectivity index (χ4n) is 3.08. The molecule has 0 atom stereocenters. The van der Waals surface area contributed by atoms with E-state index in [4.69, 9.17) is 8.83 Å². The highest BCUT2D eigenvalue weighted by Crippen LogP contribution is 2.25. The zero-order valence-corrected chi connectivity index (χ0v) is 17.2. The number of nitrogens with zero attached hydrogens (tertiary/aromatic N) is 3. The Morgan fingerprint density at radius 1 is 1.25 bits per heavy atom. The molecule has 0 saturated heterocycles. The van der Waals surface area contributed by atoms with Gasteiger partial charge in [-0.15, -0.1) is 21.5 Å². The first-order valence-electron chi connectivity index (χ1n) is 8.84. The lowest BCUT2D eigenvalue weighted by Gasteiger charge is -2.08. The third-order valence-corrected chi connectivity index (χ3v) is 6.26.